The Morgan fingerprint density at radius 1 is 1.40 bits per heavy atom. The summed E-state index contributed by atoms with van der Waals surface area (Å²) in [5.41, 5.74) is -0.470. The molecule has 20 heavy (non-hydrogen) atoms. The predicted molar refractivity (Wildman–Crippen MR) is 71.0 cm³/mol. The van der Waals surface area contributed by atoms with Crippen molar-refractivity contribution in [2.45, 2.75) is 32.4 Å². The summed E-state index contributed by atoms with van der Waals surface area (Å²) < 4.78 is 28.8. The molecule has 3 N–H and O–H groups in total. The molecule has 1 rings (SSSR count). The molecule has 0 saturated carbocycles. The fourth-order valence-corrected chi connectivity index (χ4v) is 1.57. The number of halogens is 2. The van der Waals surface area contributed by atoms with Crippen molar-refractivity contribution in [1.82, 2.24) is 5.32 Å². The van der Waals surface area contributed by atoms with Gasteiger partial charge in [-0.15, -0.1) is 0 Å². The highest BCUT2D eigenvalue weighted by Gasteiger charge is 2.20. The van der Waals surface area contributed by atoms with Crippen molar-refractivity contribution in [3.05, 3.63) is 24.3 Å². The first kappa shape index (κ1) is 16.2. The average molecular weight is 288 g/mol. The number of hydrogen-bond donors (Lipinski definition) is 3. The minimum Gasteiger partial charge on any atom is -0.433 e. The van der Waals surface area contributed by atoms with E-state index in [0.29, 0.717) is 6.42 Å². The van der Waals surface area contributed by atoms with Gasteiger partial charge in [0, 0.05) is 12.1 Å². The van der Waals surface area contributed by atoms with Gasteiger partial charge < -0.3 is 20.5 Å². The summed E-state index contributed by atoms with van der Waals surface area (Å²) in [5, 5.41) is 13.9. The number of para-hydroxylation sites is 2. The third-order valence-electron chi connectivity index (χ3n) is 2.54. The van der Waals surface area contributed by atoms with Gasteiger partial charge in [-0.1, -0.05) is 12.1 Å². The maximum Gasteiger partial charge on any atom is 0.387 e. The number of aliphatic hydroxyl groups excluding tert-OH is 1. The summed E-state index contributed by atoms with van der Waals surface area (Å²) in [6, 6.07) is 5.34. The Balaban J connectivity index is 2.71. The number of nitrogens with one attached hydrogen (secondary N) is 2. The number of carbonyl (C=O) groups excluding carboxylic acids is 1. The van der Waals surface area contributed by atoms with Gasteiger partial charge in [0.25, 0.3) is 0 Å². The van der Waals surface area contributed by atoms with E-state index in [9.17, 15) is 13.6 Å². The molecule has 1 aromatic carbocycles. The molecule has 0 aliphatic carbocycles. The summed E-state index contributed by atoms with van der Waals surface area (Å²) in [6.45, 7) is 0.444. The van der Waals surface area contributed by atoms with Gasteiger partial charge in [0.15, 0.2) is 0 Å². The van der Waals surface area contributed by atoms with Crippen molar-refractivity contribution in [2.24, 2.45) is 0 Å². The molecular weight excluding hydrogens is 270 g/mol. The molecule has 0 saturated heterocycles. The molecule has 2 amide bonds. The van der Waals surface area contributed by atoms with Crippen molar-refractivity contribution in [3.63, 3.8) is 0 Å². The van der Waals surface area contributed by atoms with Crippen LogP contribution in [-0.4, -0.2) is 29.9 Å². The monoisotopic (exact) mass is 288 g/mol. The molecule has 0 bridgehead atoms. The standard InChI is InChI=1S/C13H18F2N2O3/c1-13(2,7-8-18)17-12(19)16-9-5-3-4-6-10(9)20-11(14)15/h3-6,11,18H,7-8H2,1-2H3,(H2,16,17,19). The highest BCUT2D eigenvalue weighted by Crippen LogP contribution is 2.25. The van der Waals surface area contributed by atoms with E-state index >= 15 is 0 Å². The van der Waals surface area contributed by atoms with Crippen LogP contribution in [0.25, 0.3) is 0 Å². The van der Waals surface area contributed by atoms with Gasteiger partial charge in [0.05, 0.1) is 5.69 Å². The van der Waals surface area contributed by atoms with Crippen LogP contribution in [0.4, 0.5) is 19.3 Å². The first-order valence-electron chi connectivity index (χ1n) is 6.08. The second kappa shape index (κ2) is 7.04. The molecule has 0 radical (unpaired) electrons. The number of ether oxygens (including phenoxy) is 1. The number of benzene rings is 1. The van der Waals surface area contributed by atoms with Gasteiger partial charge >= 0.3 is 12.6 Å². The number of carbonyl (C=O) groups is 1. The van der Waals surface area contributed by atoms with Gasteiger partial charge in [-0.2, -0.15) is 8.78 Å². The lowest BCUT2D eigenvalue weighted by Crippen LogP contribution is -2.46. The summed E-state index contributed by atoms with van der Waals surface area (Å²) in [4.78, 5) is 11.8. The van der Waals surface area contributed by atoms with Crippen molar-refractivity contribution in [3.8, 4) is 5.75 Å². The Morgan fingerprint density at radius 2 is 2.05 bits per heavy atom. The minimum atomic E-state index is -2.97. The van der Waals surface area contributed by atoms with Crippen LogP contribution in [0.2, 0.25) is 0 Å². The number of amides is 2. The SMILES string of the molecule is CC(C)(CCO)NC(=O)Nc1ccccc1OC(F)F. The molecule has 0 aromatic heterocycles. The molecule has 0 unspecified atom stereocenters. The zero-order valence-corrected chi connectivity index (χ0v) is 11.3. The van der Waals surface area contributed by atoms with Gasteiger partial charge in [-0.25, -0.2) is 4.79 Å². The van der Waals surface area contributed by atoms with Crippen LogP contribution in [0, 0.1) is 0 Å². The van der Waals surface area contributed by atoms with Crippen molar-refractivity contribution in [1.29, 1.82) is 0 Å². The maximum absolute atomic E-state index is 12.2. The summed E-state index contributed by atoms with van der Waals surface area (Å²) >= 11 is 0. The fraction of sp³-hybridized carbons (Fsp3) is 0.462. The van der Waals surface area contributed by atoms with E-state index in [0.717, 1.165) is 0 Å². The Hall–Kier alpha value is -1.89. The molecule has 0 spiro atoms. The molecular formula is C13H18F2N2O3. The zero-order chi connectivity index (χ0) is 15.2. The number of rotatable bonds is 6. The van der Waals surface area contributed by atoms with Crippen LogP contribution < -0.4 is 15.4 Å². The minimum absolute atomic E-state index is 0.0711. The topological polar surface area (TPSA) is 70.6 Å². The first-order chi connectivity index (χ1) is 9.34. The second-order valence-corrected chi connectivity index (χ2v) is 4.81. The van der Waals surface area contributed by atoms with E-state index in [2.05, 4.69) is 15.4 Å². The quantitative estimate of drug-likeness (QED) is 0.753. The van der Waals surface area contributed by atoms with E-state index in [-0.39, 0.29) is 18.0 Å². The van der Waals surface area contributed by atoms with E-state index in [1.807, 2.05) is 0 Å². The summed E-state index contributed by atoms with van der Waals surface area (Å²) in [7, 11) is 0. The van der Waals surface area contributed by atoms with Crippen LogP contribution in [0.15, 0.2) is 24.3 Å². The number of hydrogen-bond acceptors (Lipinski definition) is 3. The number of aliphatic hydroxyl groups is 1. The van der Waals surface area contributed by atoms with E-state index in [4.69, 9.17) is 5.11 Å². The first-order valence-corrected chi connectivity index (χ1v) is 6.08. The predicted octanol–water partition coefficient (Wildman–Crippen LogP) is 2.57. The lowest BCUT2D eigenvalue weighted by Gasteiger charge is -2.25. The van der Waals surface area contributed by atoms with E-state index in [1.165, 1.54) is 18.2 Å². The van der Waals surface area contributed by atoms with Gasteiger partial charge in [0.2, 0.25) is 0 Å². The lowest BCUT2D eigenvalue weighted by atomic mass is 10.0. The van der Waals surface area contributed by atoms with Crippen LogP contribution in [0.3, 0.4) is 0 Å². The second-order valence-electron chi connectivity index (χ2n) is 4.81. The molecule has 0 heterocycles. The Morgan fingerprint density at radius 3 is 2.65 bits per heavy atom. The fourth-order valence-electron chi connectivity index (χ4n) is 1.57. The summed E-state index contributed by atoms with van der Waals surface area (Å²) in [6.07, 6.45) is 0.371. The largest absolute Gasteiger partial charge is 0.433 e. The van der Waals surface area contributed by atoms with E-state index < -0.39 is 18.2 Å². The average Bonchev–Trinajstić information content (AvgIpc) is 2.29. The smallest absolute Gasteiger partial charge is 0.387 e. The number of urea groups is 1. The molecule has 0 aliphatic heterocycles. The third-order valence-corrected chi connectivity index (χ3v) is 2.54. The van der Waals surface area contributed by atoms with Crippen molar-refractivity contribution >= 4 is 11.7 Å². The molecule has 5 nitrogen and oxygen atoms in total. The van der Waals surface area contributed by atoms with Gasteiger partial charge in [-0.3, -0.25) is 0 Å². The maximum atomic E-state index is 12.2. The molecule has 0 atom stereocenters. The number of anilines is 1. The highest BCUT2D eigenvalue weighted by atomic mass is 19.3. The molecule has 7 heteroatoms. The van der Waals surface area contributed by atoms with Gasteiger partial charge in [0.1, 0.15) is 5.75 Å². The van der Waals surface area contributed by atoms with Crippen LogP contribution in [0.5, 0.6) is 5.75 Å². The highest BCUT2D eigenvalue weighted by molar-refractivity contribution is 5.91. The lowest BCUT2D eigenvalue weighted by molar-refractivity contribution is -0.0493. The normalized spacial score (nSPS) is 11.3. The molecule has 112 valence electrons. The Labute approximate surface area is 115 Å². The molecule has 0 aliphatic rings. The van der Waals surface area contributed by atoms with Crippen LogP contribution in [0.1, 0.15) is 20.3 Å². The van der Waals surface area contributed by atoms with Crippen molar-refractivity contribution in [2.75, 3.05) is 11.9 Å². The van der Waals surface area contributed by atoms with Gasteiger partial charge in [-0.05, 0) is 32.4 Å². The van der Waals surface area contributed by atoms with Crippen molar-refractivity contribution < 1.29 is 23.4 Å². The van der Waals surface area contributed by atoms with Crippen LogP contribution in [-0.2, 0) is 0 Å². The summed E-state index contributed by atoms with van der Waals surface area (Å²) in [5.74, 6) is -0.113. The van der Waals surface area contributed by atoms with E-state index in [1.54, 1.807) is 19.9 Å². The third kappa shape index (κ3) is 5.40. The Bertz CT molecular complexity index is 453. The molecule has 0 fully saturated rings. The number of alkyl halides is 2. The van der Waals surface area contributed by atoms with Crippen LogP contribution >= 0.6 is 0 Å². The molecule has 1 aromatic rings. The Kier molecular flexibility index (Phi) is 5.69. The zero-order valence-electron chi connectivity index (χ0n) is 11.3.